The standard InChI is InChI=1S/C11H6N4O3/c12-11(17)8-7(14-13)10(18-15-8)9(16)6-4-2-1-3-5-6/h1-5H,(H-,12,17)/p+1. The molecule has 0 aliphatic carbocycles. The lowest BCUT2D eigenvalue weighted by Crippen LogP contribution is -2.11. The second kappa shape index (κ2) is 4.47. The van der Waals surface area contributed by atoms with Crippen LogP contribution < -0.4 is 5.73 Å². The molecular formula is C11H7N4O3+. The second-order valence-corrected chi connectivity index (χ2v) is 3.37. The molecule has 0 aliphatic rings. The molecule has 1 heterocycles. The lowest BCUT2D eigenvalue weighted by molar-refractivity contribution is 0.0979. The van der Waals surface area contributed by atoms with Crippen molar-refractivity contribution in [2.24, 2.45) is 5.73 Å². The largest absolute Gasteiger partial charge is 0.468 e. The highest BCUT2D eigenvalue weighted by atomic mass is 16.5. The zero-order valence-corrected chi connectivity index (χ0v) is 9.03. The van der Waals surface area contributed by atoms with E-state index >= 15 is 0 Å². The monoisotopic (exact) mass is 243 g/mol. The number of hydrogen-bond donors (Lipinski definition) is 1. The summed E-state index contributed by atoms with van der Waals surface area (Å²) in [4.78, 5) is 25.8. The van der Waals surface area contributed by atoms with E-state index in [1.165, 1.54) is 0 Å². The molecule has 0 unspecified atom stereocenters. The van der Waals surface area contributed by atoms with Crippen LogP contribution in [-0.4, -0.2) is 16.8 Å². The van der Waals surface area contributed by atoms with Crippen LogP contribution in [0.3, 0.4) is 0 Å². The van der Waals surface area contributed by atoms with Crippen molar-refractivity contribution in [1.82, 2.24) is 5.16 Å². The van der Waals surface area contributed by atoms with Crippen LogP contribution in [0.2, 0.25) is 0 Å². The van der Waals surface area contributed by atoms with Crippen molar-refractivity contribution in [3.63, 3.8) is 0 Å². The van der Waals surface area contributed by atoms with Crippen LogP contribution in [0.25, 0.3) is 4.98 Å². The number of benzene rings is 1. The zero-order chi connectivity index (χ0) is 13.1. The smallest absolute Gasteiger partial charge is 0.364 e. The highest BCUT2D eigenvalue weighted by Gasteiger charge is 2.36. The van der Waals surface area contributed by atoms with Gasteiger partial charge in [-0.2, -0.15) is 0 Å². The van der Waals surface area contributed by atoms with Crippen LogP contribution in [0.15, 0.2) is 34.9 Å². The third-order valence-corrected chi connectivity index (χ3v) is 2.24. The highest BCUT2D eigenvalue weighted by molar-refractivity contribution is 6.13. The van der Waals surface area contributed by atoms with Gasteiger partial charge in [0.25, 0.3) is 11.6 Å². The van der Waals surface area contributed by atoms with Gasteiger partial charge in [0.1, 0.15) is 0 Å². The second-order valence-electron chi connectivity index (χ2n) is 3.37. The molecule has 1 aromatic heterocycles. The van der Waals surface area contributed by atoms with Crippen molar-refractivity contribution >= 4 is 17.4 Å². The maximum Gasteiger partial charge on any atom is 0.468 e. The Bertz CT molecular complexity index is 655. The molecule has 2 rings (SSSR count). The Morgan fingerprint density at radius 1 is 1.28 bits per heavy atom. The van der Waals surface area contributed by atoms with Gasteiger partial charge in [0.2, 0.25) is 11.2 Å². The van der Waals surface area contributed by atoms with E-state index in [2.05, 4.69) is 10.1 Å². The molecule has 0 saturated heterocycles. The fraction of sp³-hybridized carbons (Fsp3) is 0. The van der Waals surface area contributed by atoms with Gasteiger partial charge in [0.05, 0.1) is 0 Å². The Labute approximate surface area is 101 Å². The molecule has 0 radical (unpaired) electrons. The summed E-state index contributed by atoms with van der Waals surface area (Å²) in [6.45, 7) is 0. The first kappa shape index (κ1) is 11.5. The first-order chi connectivity index (χ1) is 8.65. The van der Waals surface area contributed by atoms with E-state index in [9.17, 15) is 9.59 Å². The van der Waals surface area contributed by atoms with Crippen molar-refractivity contribution in [2.75, 3.05) is 0 Å². The fourth-order valence-corrected chi connectivity index (χ4v) is 1.41. The minimum atomic E-state index is -0.946. The summed E-state index contributed by atoms with van der Waals surface area (Å²) in [6.07, 6.45) is 0. The summed E-state index contributed by atoms with van der Waals surface area (Å²) in [5.41, 5.74) is 4.56. The molecule has 2 N–H and O–H groups in total. The van der Waals surface area contributed by atoms with Gasteiger partial charge >= 0.3 is 11.4 Å². The van der Waals surface area contributed by atoms with E-state index < -0.39 is 17.4 Å². The molecular weight excluding hydrogens is 236 g/mol. The number of carbonyl (C=O) groups excluding carboxylic acids is 2. The molecule has 1 amide bonds. The van der Waals surface area contributed by atoms with Crippen molar-refractivity contribution in [3.05, 3.63) is 52.3 Å². The molecule has 0 saturated carbocycles. The normalized spacial score (nSPS) is 9.72. The first-order valence-electron chi connectivity index (χ1n) is 4.89. The van der Waals surface area contributed by atoms with Crippen LogP contribution >= 0.6 is 0 Å². The Hall–Kier alpha value is -3.01. The van der Waals surface area contributed by atoms with Crippen molar-refractivity contribution in [3.8, 4) is 0 Å². The minimum Gasteiger partial charge on any atom is -0.364 e. The summed E-state index contributed by atoms with van der Waals surface area (Å²) >= 11 is 0. The number of nitrogens with zero attached hydrogens (tertiary/aromatic N) is 3. The molecule has 0 spiro atoms. The molecule has 0 fully saturated rings. The molecule has 1 aromatic carbocycles. The number of diazo groups is 1. The predicted octanol–water partition coefficient (Wildman–Crippen LogP) is 1.49. The molecule has 7 heteroatoms. The van der Waals surface area contributed by atoms with E-state index in [0.717, 1.165) is 0 Å². The van der Waals surface area contributed by atoms with Gasteiger partial charge in [-0.1, -0.05) is 35.5 Å². The topological polar surface area (TPSA) is 114 Å². The third-order valence-electron chi connectivity index (χ3n) is 2.24. The van der Waals surface area contributed by atoms with Gasteiger partial charge in [-0.05, 0) is 0 Å². The zero-order valence-electron chi connectivity index (χ0n) is 9.03. The molecule has 18 heavy (non-hydrogen) atoms. The molecule has 2 aromatic rings. The molecule has 7 nitrogen and oxygen atoms in total. The average Bonchev–Trinajstić information content (AvgIpc) is 2.82. The lowest BCUT2D eigenvalue weighted by Gasteiger charge is -1.92. The highest BCUT2D eigenvalue weighted by Crippen LogP contribution is 2.26. The SMILES string of the molecule is N#[N+]c1c(C(N)=O)noc1C(=O)c1ccccc1. The van der Waals surface area contributed by atoms with E-state index in [1.807, 2.05) is 0 Å². The Balaban J connectivity index is 2.51. The maximum absolute atomic E-state index is 12.0. The van der Waals surface area contributed by atoms with Crippen molar-refractivity contribution < 1.29 is 14.1 Å². The summed E-state index contributed by atoms with van der Waals surface area (Å²) in [7, 11) is 0. The summed E-state index contributed by atoms with van der Waals surface area (Å²) < 4.78 is 4.71. The summed E-state index contributed by atoms with van der Waals surface area (Å²) in [5, 5.41) is 12.1. The molecule has 0 aliphatic heterocycles. The molecule has 0 bridgehead atoms. The van der Waals surface area contributed by atoms with Crippen LogP contribution in [0.5, 0.6) is 0 Å². The van der Waals surface area contributed by atoms with Crippen molar-refractivity contribution in [1.29, 1.82) is 5.39 Å². The Morgan fingerprint density at radius 2 is 1.94 bits per heavy atom. The number of primary amides is 1. The maximum atomic E-state index is 12.0. The number of carbonyl (C=O) groups is 2. The number of rotatable bonds is 3. The van der Waals surface area contributed by atoms with Gasteiger partial charge in [-0.15, -0.1) is 0 Å². The van der Waals surface area contributed by atoms with Gasteiger partial charge < -0.3 is 10.3 Å². The number of nitrogens with two attached hydrogens (primary N) is 1. The van der Waals surface area contributed by atoms with Crippen LogP contribution in [0, 0.1) is 5.39 Å². The minimum absolute atomic E-state index is 0.314. The number of amides is 1. The predicted molar refractivity (Wildman–Crippen MR) is 59.6 cm³/mol. The van der Waals surface area contributed by atoms with E-state index in [-0.39, 0.29) is 11.4 Å². The Morgan fingerprint density at radius 3 is 2.50 bits per heavy atom. The first-order valence-corrected chi connectivity index (χ1v) is 4.89. The third kappa shape index (κ3) is 1.82. The van der Waals surface area contributed by atoms with E-state index in [0.29, 0.717) is 5.56 Å². The quantitative estimate of drug-likeness (QED) is 0.647. The fourth-order valence-electron chi connectivity index (χ4n) is 1.41. The van der Waals surface area contributed by atoms with E-state index in [4.69, 9.17) is 15.6 Å². The molecule has 88 valence electrons. The van der Waals surface area contributed by atoms with Crippen LogP contribution in [0.4, 0.5) is 5.69 Å². The number of aromatic nitrogens is 1. The van der Waals surface area contributed by atoms with Gasteiger partial charge in [-0.25, -0.2) is 0 Å². The number of hydrogen-bond acceptors (Lipinski definition) is 5. The summed E-state index contributed by atoms with van der Waals surface area (Å²) in [5.74, 6) is -1.83. The Kier molecular flexibility index (Phi) is 2.85. The van der Waals surface area contributed by atoms with Gasteiger partial charge in [0.15, 0.2) is 4.98 Å². The number of ketones is 1. The van der Waals surface area contributed by atoms with Crippen LogP contribution in [0.1, 0.15) is 26.6 Å². The van der Waals surface area contributed by atoms with Gasteiger partial charge in [-0.3, -0.25) is 9.59 Å². The summed E-state index contributed by atoms with van der Waals surface area (Å²) in [6, 6.07) is 8.16. The lowest BCUT2D eigenvalue weighted by atomic mass is 10.1. The van der Waals surface area contributed by atoms with Crippen molar-refractivity contribution in [2.45, 2.75) is 0 Å². The van der Waals surface area contributed by atoms with Crippen LogP contribution in [-0.2, 0) is 0 Å². The van der Waals surface area contributed by atoms with E-state index in [1.54, 1.807) is 30.3 Å². The molecule has 0 atom stereocenters. The average molecular weight is 243 g/mol. The van der Waals surface area contributed by atoms with Gasteiger partial charge in [0, 0.05) is 5.56 Å².